The second-order valence-corrected chi connectivity index (χ2v) is 9.32. The van der Waals surface area contributed by atoms with Crippen LogP contribution >= 0.6 is 11.6 Å². The number of carbonyl (C=O) groups excluding carboxylic acids is 1. The summed E-state index contributed by atoms with van der Waals surface area (Å²) in [6.45, 7) is 3.11. The van der Waals surface area contributed by atoms with Gasteiger partial charge in [-0.1, -0.05) is 18.5 Å². The van der Waals surface area contributed by atoms with Gasteiger partial charge in [-0.15, -0.1) is 0 Å². The van der Waals surface area contributed by atoms with Gasteiger partial charge < -0.3 is 10.1 Å². The lowest BCUT2D eigenvalue weighted by molar-refractivity contribution is 0.102. The van der Waals surface area contributed by atoms with Crippen LogP contribution in [0.15, 0.2) is 41.3 Å². The molecule has 1 N–H and O–H groups in total. The zero-order valence-electron chi connectivity index (χ0n) is 14.7. The Morgan fingerprint density at radius 3 is 2.56 bits per heavy atom. The summed E-state index contributed by atoms with van der Waals surface area (Å²) in [5.41, 5.74) is 0.618. The summed E-state index contributed by atoms with van der Waals surface area (Å²) in [6, 6.07) is 9.30. The SMILES string of the molecule is CC1CCN(S(=O)(=O)c2ccc3c(c2)C(=O)Nc2cc(Cl)ccc2O3)CC1. The fraction of sp³-hybridized carbons (Fsp3) is 0.316. The Hall–Kier alpha value is -2.09. The lowest BCUT2D eigenvalue weighted by Gasteiger charge is -2.29. The Bertz CT molecular complexity index is 1010. The molecule has 0 radical (unpaired) electrons. The molecule has 2 aliphatic rings. The predicted octanol–water partition coefficient (Wildman–Crippen LogP) is 4.12. The third-order valence-electron chi connectivity index (χ3n) is 4.99. The summed E-state index contributed by atoms with van der Waals surface area (Å²) in [5, 5.41) is 3.19. The number of benzene rings is 2. The highest BCUT2D eigenvalue weighted by molar-refractivity contribution is 7.89. The van der Waals surface area contributed by atoms with Gasteiger partial charge in [0.25, 0.3) is 5.91 Å². The lowest BCUT2D eigenvalue weighted by Crippen LogP contribution is -2.37. The number of halogens is 1. The molecule has 4 rings (SSSR count). The Morgan fingerprint density at radius 1 is 1.11 bits per heavy atom. The molecule has 0 atom stereocenters. The number of amides is 1. The Labute approximate surface area is 163 Å². The van der Waals surface area contributed by atoms with E-state index in [1.54, 1.807) is 18.2 Å². The molecule has 2 aliphatic heterocycles. The molecule has 2 aromatic rings. The lowest BCUT2D eigenvalue weighted by atomic mass is 10.0. The minimum absolute atomic E-state index is 0.0959. The maximum Gasteiger partial charge on any atom is 0.259 e. The van der Waals surface area contributed by atoms with E-state index in [0.29, 0.717) is 41.2 Å². The predicted molar refractivity (Wildman–Crippen MR) is 103 cm³/mol. The molecule has 27 heavy (non-hydrogen) atoms. The number of nitrogens with zero attached hydrogens (tertiary/aromatic N) is 1. The van der Waals surface area contributed by atoms with Crippen LogP contribution in [-0.2, 0) is 10.0 Å². The topological polar surface area (TPSA) is 75.7 Å². The molecule has 8 heteroatoms. The molecule has 2 aromatic carbocycles. The number of carbonyl (C=O) groups is 1. The molecule has 0 unspecified atom stereocenters. The first kappa shape index (κ1) is 18.3. The van der Waals surface area contributed by atoms with Crippen LogP contribution in [0.4, 0.5) is 5.69 Å². The first-order chi connectivity index (χ1) is 12.8. The number of piperidine rings is 1. The third kappa shape index (κ3) is 3.42. The van der Waals surface area contributed by atoms with E-state index in [1.165, 1.54) is 22.5 Å². The molecular weight excluding hydrogens is 388 g/mol. The van der Waals surface area contributed by atoms with Crippen molar-refractivity contribution in [2.45, 2.75) is 24.7 Å². The fourth-order valence-electron chi connectivity index (χ4n) is 3.31. The van der Waals surface area contributed by atoms with Gasteiger partial charge in [0, 0.05) is 18.1 Å². The number of ether oxygens (including phenoxy) is 1. The number of fused-ring (bicyclic) bond motifs is 2. The summed E-state index contributed by atoms with van der Waals surface area (Å²) < 4.78 is 33.2. The number of sulfonamides is 1. The normalized spacial score (nSPS) is 18.1. The zero-order chi connectivity index (χ0) is 19.2. The largest absolute Gasteiger partial charge is 0.454 e. The van der Waals surface area contributed by atoms with E-state index in [1.807, 2.05) is 0 Å². The van der Waals surface area contributed by atoms with Crippen LogP contribution in [0.1, 0.15) is 30.1 Å². The Balaban J connectivity index is 1.69. The number of anilines is 1. The molecule has 1 amide bonds. The Morgan fingerprint density at radius 2 is 1.81 bits per heavy atom. The van der Waals surface area contributed by atoms with Crippen molar-refractivity contribution in [3.63, 3.8) is 0 Å². The minimum Gasteiger partial charge on any atom is -0.454 e. The van der Waals surface area contributed by atoms with E-state index in [2.05, 4.69) is 12.2 Å². The van der Waals surface area contributed by atoms with Gasteiger partial charge in [0.15, 0.2) is 5.75 Å². The van der Waals surface area contributed by atoms with Crippen molar-refractivity contribution in [3.05, 3.63) is 47.0 Å². The summed E-state index contributed by atoms with van der Waals surface area (Å²) >= 11 is 5.98. The maximum absolute atomic E-state index is 13.0. The highest BCUT2D eigenvalue weighted by atomic mass is 35.5. The van der Waals surface area contributed by atoms with Crippen LogP contribution in [0.3, 0.4) is 0 Å². The van der Waals surface area contributed by atoms with Crippen LogP contribution in [0, 0.1) is 5.92 Å². The summed E-state index contributed by atoms with van der Waals surface area (Å²) in [7, 11) is -3.65. The van der Waals surface area contributed by atoms with Gasteiger partial charge in [0.1, 0.15) is 5.75 Å². The van der Waals surface area contributed by atoms with Crippen LogP contribution in [-0.4, -0.2) is 31.7 Å². The quantitative estimate of drug-likeness (QED) is 0.813. The first-order valence-corrected chi connectivity index (χ1v) is 10.6. The van der Waals surface area contributed by atoms with Gasteiger partial charge in [-0.3, -0.25) is 4.79 Å². The van der Waals surface area contributed by atoms with Crippen LogP contribution < -0.4 is 10.1 Å². The van der Waals surface area contributed by atoms with E-state index < -0.39 is 15.9 Å². The fourth-order valence-corrected chi connectivity index (χ4v) is 4.98. The van der Waals surface area contributed by atoms with Crippen molar-refractivity contribution >= 4 is 33.2 Å². The zero-order valence-corrected chi connectivity index (χ0v) is 16.3. The molecule has 1 fully saturated rings. The summed E-state index contributed by atoms with van der Waals surface area (Å²) in [5.74, 6) is 0.843. The van der Waals surface area contributed by atoms with Gasteiger partial charge >= 0.3 is 0 Å². The number of nitrogens with one attached hydrogen (secondary N) is 1. The monoisotopic (exact) mass is 406 g/mol. The standard InChI is InChI=1S/C19H19ClN2O4S/c1-12-6-8-22(9-7-12)27(24,25)14-3-5-17-15(11-14)19(23)21-16-10-13(20)2-4-18(16)26-17/h2-5,10-12H,6-9H2,1H3,(H,21,23). The molecule has 0 spiro atoms. The van der Waals surface area contributed by atoms with Crippen molar-refractivity contribution in [3.8, 4) is 11.5 Å². The van der Waals surface area contributed by atoms with Crippen LogP contribution in [0.2, 0.25) is 5.02 Å². The molecular formula is C19H19ClN2O4S. The molecule has 2 heterocycles. The summed E-state index contributed by atoms with van der Waals surface area (Å²) in [4.78, 5) is 12.7. The Kier molecular flexibility index (Phi) is 4.61. The highest BCUT2D eigenvalue weighted by Crippen LogP contribution is 2.38. The molecule has 1 saturated heterocycles. The van der Waals surface area contributed by atoms with E-state index in [0.717, 1.165) is 12.8 Å². The van der Waals surface area contributed by atoms with E-state index >= 15 is 0 Å². The second-order valence-electron chi connectivity index (χ2n) is 6.94. The minimum atomic E-state index is -3.65. The molecule has 6 nitrogen and oxygen atoms in total. The number of hydrogen-bond donors (Lipinski definition) is 1. The number of rotatable bonds is 2. The van der Waals surface area contributed by atoms with Gasteiger partial charge in [-0.05, 0) is 55.2 Å². The average Bonchev–Trinajstić information content (AvgIpc) is 2.77. The van der Waals surface area contributed by atoms with Crippen molar-refractivity contribution in [1.29, 1.82) is 0 Å². The third-order valence-corrected chi connectivity index (χ3v) is 7.12. The van der Waals surface area contributed by atoms with E-state index in [9.17, 15) is 13.2 Å². The molecule has 0 saturated carbocycles. The summed E-state index contributed by atoms with van der Waals surface area (Å²) in [6.07, 6.45) is 1.67. The van der Waals surface area contributed by atoms with Crippen LogP contribution in [0.5, 0.6) is 11.5 Å². The van der Waals surface area contributed by atoms with Crippen molar-refractivity contribution < 1.29 is 17.9 Å². The molecule has 0 aliphatic carbocycles. The van der Waals surface area contributed by atoms with E-state index in [4.69, 9.17) is 16.3 Å². The van der Waals surface area contributed by atoms with Crippen molar-refractivity contribution in [1.82, 2.24) is 4.31 Å². The smallest absolute Gasteiger partial charge is 0.259 e. The number of hydrogen-bond acceptors (Lipinski definition) is 4. The molecule has 142 valence electrons. The van der Waals surface area contributed by atoms with Crippen molar-refractivity contribution in [2.24, 2.45) is 5.92 Å². The molecule has 0 bridgehead atoms. The van der Waals surface area contributed by atoms with E-state index in [-0.39, 0.29) is 10.5 Å². The van der Waals surface area contributed by atoms with Gasteiger partial charge in [-0.2, -0.15) is 4.31 Å². The average molecular weight is 407 g/mol. The molecule has 0 aromatic heterocycles. The van der Waals surface area contributed by atoms with Crippen molar-refractivity contribution in [2.75, 3.05) is 18.4 Å². The first-order valence-electron chi connectivity index (χ1n) is 8.77. The van der Waals surface area contributed by atoms with Gasteiger partial charge in [0.05, 0.1) is 16.1 Å². The second kappa shape index (κ2) is 6.82. The van der Waals surface area contributed by atoms with Crippen LogP contribution in [0.25, 0.3) is 0 Å². The highest BCUT2D eigenvalue weighted by Gasteiger charge is 2.30. The van der Waals surface area contributed by atoms with Gasteiger partial charge in [0.2, 0.25) is 10.0 Å². The maximum atomic E-state index is 13.0. The van der Waals surface area contributed by atoms with Gasteiger partial charge in [-0.25, -0.2) is 8.42 Å².